The summed E-state index contributed by atoms with van der Waals surface area (Å²) in [4.78, 5) is 26.2. The molecule has 1 fully saturated rings. The van der Waals surface area contributed by atoms with E-state index in [1.54, 1.807) is 18.2 Å². The molecule has 0 saturated carbocycles. The van der Waals surface area contributed by atoms with Crippen LogP contribution in [0.15, 0.2) is 30.3 Å². The van der Waals surface area contributed by atoms with Gasteiger partial charge < -0.3 is 25.7 Å². The molecule has 0 aliphatic carbocycles. The molecule has 26 heavy (non-hydrogen) atoms. The van der Waals surface area contributed by atoms with Crippen LogP contribution in [0, 0.1) is 6.92 Å². The summed E-state index contributed by atoms with van der Waals surface area (Å²) in [7, 11) is 0. The number of fused-ring (bicyclic) bond motifs is 1. The lowest BCUT2D eigenvalue weighted by atomic mass is 10.2. The Labute approximate surface area is 150 Å². The minimum atomic E-state index is -0.465. The Morgan fingerprint density at radius 2 is 2.08 bits per heavy atom. The lowest BCUT2D eigenvalue weighted by Gasteiger charge is -2.27. The van der Waals surface area contributed by atoms with Gasteiger partial charge in [-0.05, 0) is 31.2 Å². The van der Waals surface area contributed by atoms with Crippen molar-refractivity contribution in [3.05, 3.63) is 41.6 Å². The van der Waals surface area contributed by atoms with Crippen LogP contribution in [0.5, 0.6) is 0 Å². The molecule has 8 heteroatoms. The molecular formula is C18H20N6O2. The summed E-state index contributed by atoms with van der Waals surface area (Å²) in [6.07, 6.45) is 0. The number of nitrogens with zero attached hydrogens (tertiary/aromatic N) is 3. The summed E-state index contributed by atoms with van der Waals surface area (Å²) < 4.78 is 5.41. The number of nitrogens with one attached hydrogen (secondary N) is 2. The molecule has 4 rings (SSSR count). The Kier molecular flexibility index (Phi) is 4.18. The van der Waals surface area contributed by atoms with Crippen LogP contribution in [-0.4, -0.2) is 47.2 Å². The summed E-state index contributed by atoms with van der Waals surface area (Å²) in [5.74, 6) is 0.867. The number of ether oxygens (including phenoxy) is 1. The van der Waals surface area contributed by atoms with Crippen LogP contribution < -0.4 is 16.0 Å². The number of morpholine rings is 1. The third-order valence-electron chi connectivity index (χ3n) is 4.31. The molecule has 3 aromatic rings. The molecule has 2 aromatic heterocycles. The molecule has 3 heterocycles. The number of amides is 1. The molecular weight excluding hydrogens is 332 g/mol. The van der Waals surface area contributed by atoms with Gasteiger partial charge in [0.2, 0.25) is 11.9 Å². The van der Waals surface area contributed by atoms with Crippen molar-refractivity contribution in [3.63, 3.8) is 0 Å². The van der Waals surface area contributed by atoms with Gasteiger partial charge in [-0.15, -0.1) is 0 Å². The minimum Gasteiger partial charge on any atom is -0.378 e. The summed E-state index contributed by atoms with van der Waals surface area (Å²) in [5, 5.41) is 4.19. The third kappa shape index (κ3) is 3.18. The number of benzene rings is 1. The Morgan fingerprint density at radius 3 is 2.85 bits per heavy atom. The molecule has 0 bridgehead atoms. The molecule has 4 N–H and O–H groups in total. The number of aromatic amines is 1. The van der Waals surface area contributed by atoms with Crippen molar-refractivity contribution in [3.8, 4) is 0 Å². The highest BCUT2D eigenvalue weighted by Crippen LogP contribution is 2.27. The first-order chi connectivity index (χ1) is 12.6. The Morgan fingerprint density at radius 1 is 1.27 bits per heavy atom. The lowest BCUT2D eigenvalue weighted by Crippen LogP contribution is -2.37. The topological polar surface area (TPSA) is 109 Å². The van der Waals surface area contributed by atoms with E-state index in [-0.39, 0.29) is 0 Å². The van der Waals surface area contributed by atoms with Crippen LogP contribution in [0.1, 0.15) is 16.1 Å². The van der Waals surface area contributed by atoms with Gasteiger partial charge in [0.05, 0.1) is 18.6 Å². The van der Waals surface area contributed by atoms with Gasteiger partial charge in [-0.1, -0.05) is 6.07 Å². The number of aryl methyl sites for hydroxylation is 1. The van der Waals surface area contributed by atoms with E-state index in [2.05, 4.69) is 20.2 Å². The first-order valence-electron chi connectivity index (χ1n) is 8.47. The molecule has 1 saturated heterocycles. The van der Waals surface area contributed by atoms with Crippen molar-refractivity contribution < 1.29 is 9.53 Å². The van der Waals surface area contributed by atoms with E-state index in [4.69, 9.17) is 15.5 Å². The van der Waals surface area contributed by atoms with Crippen LogP contribution >= 0.6 is 0 Å². The van der Waals surface area contributed by atoms with Crippen molar-refractivity contribution >= 4 is 34.4 Å². The predicted molar refractivity (Wildman–Crippen MR) is 99.9 cm³/mol. The van der Waals surface area contributed by atoms with E-state index in [0.29, 0.717) is 30.5 Å². The van der Waals surface area contributed by atoms with Crippen LogP contribution in [-0.2, 0) is 4.74 Å². The number of carbonyl (C=O) groups is 1. The monoisotopic (exact) mass is 352 g/mol. The summed E-state index contributed by atoms with van der Waals surface area (Å²) in [6, 6.07) is 9.05. The SMILES string of the molecule is Cc1cc2c(Nc3cccc(C(N)=O)c3)nc(N3CCOCC3)nc2[nH]1. The number of hydrogen-bond donors (Lipinski definition) is 3. The normalized spacial score (nSPS) is 14.6. The fourth-order valence-electron chi connectivity index (χ4n) is 3.02. The molecule has 1 aliphatic rings. The van der Waals surface area contributed by atoms with Gasteiger partial charge in [0.15, 0.2) is 0 Å². The molecule has 0 atom stereocenters. The highest BCUT2D eigenvalue weighted by Gasteiger charge is 2.18. The second kappa shape index (κ2) is 6.64. The largest absolute Gasteiger partial charge is 0.378 e. The number of primary amides is 1. The van der Waals surface area contributed by atoms with Gasteiger partial charge in [0.25, 0.3) is 0 Å². The Balaban J connectivity index is 1.75. The number of nitrogens with two attached hydrogens (primary N) is 1. The average molecular weight is 352 g/mol. The van der Waals surface area contributed by atoms with Crippen molar-refractivity contribution in [2.24, 2.45) is 5.73 Å². The van der Waals surface area contributed by atoms with Gasteiger partial charge in [-0.2, -0.15) is 9.97 Å². The predicted octanol–water partition coefficient (Wildman–Crippen LogP) is 1.95. The average Bonchev–Trinajstić information content (AvgIpc) is 3.03. The highest BCUT2D eigenvalue weighted by molar-refractivity contribution is 5.95. The van der Waals surface area contributed by atoms with Gasteiger partial charge in [-0.3, -0.25) is 4.79 Å². The quantitative estimate of drug-likeness (QED) is 0.662. The van der Waals surface area contributed by atoms with Gasteiger partial charge in [0, 0.05) is 30.0 Å². The molecule has 0 radical (unpaired) electrons. The zero-order valence-corrected chi connectivity index (χ0v) is 14.5. The molecule has 8 nitrogen and oxygen atoms in total. The standard InChI is InChI=1S/C18H20N6O2/c1-11-9-14-16(20-11)22-18(24-5-7-26-8-6-24)23-17(14)21-13-4-2-3-12(10-13)15(19)25/h2-4,9-10H,5-8H2,1H3,(H2,19,25)(H2,20,21,22,23). The van der Waals surface area contributed by atoms with E-state index in [0.717, 1.165) is 35.5 Å². The van der Waals surface area contributed by atoms with Gasteiger partial charge >= 0.3 is 0 Å². The summed E-state index contributed by atoms with van der Waals surface area (Å²) in [5.41, 5.74) is 8.34. The van der Waals surface area contributed by atoms with E-state index in [1.807, 2.05) is 19.1 Å². The lowest BCUT2D eigenvalue weighted by molar-refractivity contribution is 0.100. The minimum absolute atomic E-state index is 0.443. The van der Waals surface area contributed by atoms with Gasteiger partial charge in [-0.25, -0.2) is 0 Å². The van der Waals surface area contributed by atoms with Crippen molar-refractivity contribution in [2.75, 3.05) is 36.5 Å². The molecule has 1 amide bonds. The Bertz CT molecular complexity index is 961. The second-order valence-electron chi connectivity index (χ2n) is 6.26. The molecule has 0 unspecified atom stereocenters. The summed E-state index contributed by atoms with van der Waals surface area (Å²) >= 11 is 0. The van der Waals surface area contributed by atoms with Crippen LogP contribution in [0.4, 0.5) is 17.5 Å². The zero-order valence-electron chi connectivity index (χ0n) is 14.5. The maximum atomic E-state index is 11.4. The number of hydrogen-bond acceptors (Lipinski definition) is 6. The van der Waals surface area contributed by atoms with E-state index in [9.17, 15) is 4.79 Å². The number of carbonyl (C=O) groups excluding carboxylic acids is 1. The smallest absolute Gasteiger partial charge is 0.248 e. The van der Waals surface area contributed by atoms with Crippen molar-refractivity contribution in [1.29, 1.82) is 0 Å². The molecule has 134 valence electrons. The fraction of sp³-hybridized carbons (Fsp3) is 0.278. The second-order valence-corrected chi connectivity index (χ2v) is 6.26. The fourth-order valence-corrected chi connectivity index (χ4v) is 3.02. The number of aromatic nitrogens is 3. The molecule has 0 spiro atoms. The van der Waals surface area contributed by atoms with E-state index >= 15 is 0 Å². The number of rotatable bonds is 4. The number of H-pyrrole nitrogens is 1. The van der Waals surface area contributed by atoms with Crippen molar-refractivity contribution in [1.82, 2.24) is 15.0 Å². The maximum absolute atomic E-state index is 11.4. The van der Waals surface area contributed by atoms with Crippen LogP contribution in [0.3, 0.4) is 0 Å². The summed E-state index contributed by atoms with van der Waals surface area (Å²) in [6.45, 7) is 4.81. The van der Waals surface area contributed by atoms with E-state index < -0.39 is 5.91 Å². The zero-order chi connectivity index (χ0) is 18.1. The third-order valence-corrected chi connectivity index (χ3v) is 4.31. The molecule has 1 aromatic carbocycles. The number of anilines is 3. The van der Waals surface area contributed by atoms with Crippen LogP contribution in [0.2, 0.25) is 0 Å². The molecule has 1 aliphatic heterocycles. The first kappa shape index (κ1) is 16.3. The van der Waals surface area contributed by atoms with Crippen molar-refractivity contribution in [2.45, 2.75) is 6.92 Å². The van der Waals surface area contributed by atoms with Crippen LogP contribution in [0.25, 0.3) is 11.0 Å². The highest BCUT2D eigenvalue weighted by atomic mass is 16.5. The maximum Gasteiger partial charge on any atom is 0.248 e. The first-order valence-corrected chi connectivity index (χ1v) is 8.47. The van der Waals surface area contributed by atoms with E-state index in [1.165, 1.54) is 0 Å². The Hall–Kier alpha value is -3.13. The van der Waals surface area contributed by atoms with Gasteiger partial charge in [0.1, 0.15) is 11.5 Å².